The molecule has 0 saturated carbocycles. The number of carbonyl (C=O) groups excluding carboxylic acids is 1. The molecule has 5 nitrogen and oxygen atoms in total. The Hall–Kier alpha value is -2.25. The second-order valence-corrected chi connectivity index (χ2v) is 7.68. The van der Waals surface area contributed by atoms with E-state index in [4.69, 9.17) is 0 Å². The lowest BCUT2D eigenvalue weighted by molar-refractivity contribution is 0.0934. The monoisotopic (exact) mass is 373 g/mol. The van der Waals surface area contributed by atoms with E-state index in [0.717, 1.165) is 27.5 Å². The number of nitrogens with zero attached hydrogens (tertiary/aromatic N) is 1. The number of amides is 1. The molecule has 1 atom stereocenters. The highest BCUT2D eigenvalue weighted by atomic mass is 32.1. The fraction of sp³-hybridized carbons (Fsp3) is 0.278. The first-order valence-electron chi connectivity index (χ1n) is 7.88. The molecule has 3 aromatic heterocycles. The van der Waals surface area contributed by atoms with Crippen molar-refractivity contribution in [1.82, 2.24) is 15.3 Å². The summed E-state index contributed by atoms with van der Waals surface area (Å²) in [5, 5.41) is 9.86. The van der Waals surface area contributed by atoms with Crippen molar-refractivity contribution in [3.05, 3.63) is 71.7 Å². The van der Waals surface area contributed by atoms with Crippen molar-refractivity contribution < 1.29 is 4.79 Å². The summed E-state index contributed by atoms with van der Waals surface area (Å²) in [6.45, 7) is 5.61. The van der Waals surface area contributed by atoms with Crippen LogP contribution in [0.5, 0.6) is 0 Å². The summed E-state index contributed by atoms with van der Waals surface area (Å²) in [5.41, 5.74) is 3.47. The van der Waals surface area contributed by atoms with Gasteiger partial charge in [-0.1, -0.05) is 0 Å². The summed E-state index contributed by atoms with van der Waals surface area (Å²) < 4.78 is 0. The standard InChI is InChI=1S/C18H19N3O2S2/c1-10-6-14(16(22)20-12(10)3)17(23)21-15(7-13-4-5-24-9-13)18-19-11(2)8-25-18/h4-6,8-9,15H,7H2,1-3H3,(H,20,22)(H,21,23). The van der Waals surface area contributed by atoms with Crippen molar-refractivity contribution in [3.8, 4) is 0 Å². The Kier molecular flexibility index (Phi) is 5.15. The fourth-order valence-corrected chi connectivity index (χ4v) is 4.04. The number of nitrogens with one attached hydrogen (secondary N) is 2. The fourth-order valence-electron chi connectivity index (χ4n) is 2.51. The number of aromatic nitrogens is 2. The van der Waals surface area contributed by atoms with E-state index in [1.807, 2.05) is 37.6 Å². The van der Waals surface area contributed by atoms with Crippen molar-refractivity contribution in [2.75, 3.05) is 0 Å². The number of hydrogen-bond acceptors (Lipinski definition) is 5. The van der Waals surface area contributed by atoms with E-state index in [1.54, 1.807) is 17.4 Å². The van der Waals surface area contributed by atoms with Crippen LogP contribution in [0.15, 0.2) is 33.1 Å². The second-order valence-electron chi connectivity index (χ2n) is 6.01. The van der Waals surface area contributed by atoms with Crippen LogP contribution in [0.2, 0.25) is 0 Å². The number of thiazole rings is 1. The predicted molar refractivity (Wildman–Crippen MR) is 102 cm³/mol. The highest BCUT2D eigenvalue weighted by Gasteiger charge is 2.21. The van der Waals surface area contributed by atoms with Crippen molar-refractivity contribution in [2.45, 2.75) is 33.2 Å². The van der Waals surface area contributed by atoms with Gasteiger partial charge in [0, 0.05) is 23.2 Å². The van der Waals surface area contributed by atoms with Gasteiger partial charge in [0.05, 0.1) is 6.04 Å². The van der Waals surface area contributed by atoms with Gasteiger partial charge in [-0.2, -0.15) is 11.3 Å². The van der Waals surface area contributed by atoms with Crippen LogP contribution in [0, 0.1) is 20.8 Å². The summed E-state index contributed by atoms with van der Waals surface area (Å²) in [6.07, 6.45) is 0.644. The summed E-state index contributed by atoms with van der Waals surface area (Å²) in [4.78, 5) is 32.1. The molecule has 0 aliphatic rings. The number of H-pyrrole nitrogens is 1. The molecule has 1 amide bonds. The molecule has 3 aromatic rings. The van der Waals surface area contributed by atoms with Crippen LogP contribution in [0.4, 0.5) is 0 Å². The smallest absolute Gasteiger partial charge is 0.261 e. The molecule has 0 aliphatic heterocycles. The van der Waals surface area contributed by atoms with Crippen LogP contribution in [-0.2, 0) is 6.42 Å². The quantitative estimate of drug-likeness (QED) is 0.718. The molecular weight excluding hydrogens is 354 g/mol. The zero-order valence-corrected chi connectivity index (χ0v) is 15.9. The third-order valence-electron chi connectivity index (χ3n) is 4.00. The zero-order valence-electron chi connectivity index (χ0n) is 14.3. The van der Waals surface area contributed by atoms with Gasteiger partial charge in [-0.15, -0.1) is 11.3 Å². The van der Waals surface area contributed by atoms with Gasteiger partial charge in [-0.3, -0.25) is 9.59 Å². The van der Waals surface area contributed by atoms with E-state index in [9.17, 15) is 9.59 Å². The SMILES string of the molecule is Cc1csc(C(Cc2ccsc2)NC(=O)c2cc(C)c(C)[nH]c2=O)n1. The number of carbonyl (C=O) groups is 1. The molecular formula is C18H19N3O2S2. The molecule has 0 saturated heterocycles. The largest absolute Gasteiger partial charge is 0.342 e. The molecule has 1 unspecified atom stereocenters. The Morgan fingerprint density at radius 1 is 1.32 bits per heavy atom. The number of thiophene rings is 1. The maximum atomic E-state index is 12.7. The number of hydrogen-bond donors (Lipinski definition) is 2. The van der Waals surface area contributed by atoms with Gasteiger partial charge in [0.2, 0.25) is 0 Å². The van der Waals surface area contributed by atoms with Gasteiger partial charge < -0.3 is 10.3 Å². The molecule has 2 N–H and O–H groups in total. The molecule has 0 bridgehead atoms. The Bertz CT molecular complexity index is 942. The van der Waals surface area contributed by atoms with Gasteiger partial charge in [-0.05, 0) is 54.8 Å². The van der Waals surface area contributed by atoms with E-state index >= 15 is 0 Å². The minimum atomic E-state index is -0.377. The molecule has 130 valence electrons. The highest BCUT2D eigenvalue weighted by Crippen LogP contribution is 2.23. The molecule has 0 aliphatic carbocycles. The third-order valence-corrected chi connectivity index (χ3v) is 5.81. The van der Waals surface area contributed by atoms with E-state index in [2.05, 4.69) is 20.7 Å². The maximum absolute atomic E-state index is 12.7. The van der Waals surface area contributed by atoms with Crippen LogP contribution in [0.1, 0.15) is 43.9 Å². The lowest BCUT2D eigenvalue weighted by Gasteiger charge is -2.16. The van der Waals surface area contributed by atoms with E-state index in [0.29, 0.717) is 6.42 Å². The van der Waals surface area contributed by atoms with Crippen LogP contribution in [0.25, 0.3) is 0 Å². The number of aryl methyl sites for hydroxylation is 3. The van der Waals surface area contributed by atoms with Crippen molar-refractivity contribution in [3.63, 3.8) is 0 Å². The molecule has 0 aromatic carbocycles. The van der Waals surface area contributed by atoms with Gasteiger partial charge in [0.15, 0.2) is 0 Å². The van der Waals surface area contributed by atoms with Crippen LogP contribution in [-0.4, -0.2) is 15.9 Å². The molecule has 0 spiro atoms. The van der Waals surface area contributed by atoms with Crippen molar-refractivity contribution in [2.24, 2.45) is 0 Å². The van der Waals surface area contributed by atoms with E-state index in [1.165, 1.54) is 11.3 Å². The number of pyridine rings is 1. The molecule has 0 fully saturated rings. The Morgan fingerprint density at radius 2 is 2.12 bits per heavy atom. The predicted octanol–water partition coefficient (Wildman–Crippen LogP) is 3.53. The highest BCUT2D eigenvalue weighted by molar-refractivity contribution is 7.09. The first-order valence-corrected chi connectivity index (χ1v) is 9.71. The Morgan fingerprint density at radius 3 is 2.76 bits per heavy atom. The minimum Gasteiger partial charge on any atom is -0.342 e. The normalized spacial score (nSPS) is 12.1. The topological polar surface area (TPSA) is 74.8 Å². The molecule has 25 heavy (non-hydrogen) atoms. The van der Waals surface area contributed by atoms with Gasteiger partial charge in [-0.25, -0.2) is 4.98 Å². The first-order chi connectivity index (χ1) is 11.9. The summed E-state index contributed by atoms with van der Waals surface area (Å²) >= 11 is 3.14. The lowest BCUT2D eigenvalue weighted by atomic mass is 10.1. The second kappa shape index (κ2) is 7.33. The van der Waals surface area contributed by atoms with Gasteiger partial charge in [0.1, 0.15) is 10.6 Å². The van der Waals surface area contributed by atoms with Crippen LogP contribution >= 0.6 is 22.7 Å². The molecule has 0 radical (unpaired) electrons. The maximum Gasteiger partial charge on any atom is 0.261 e. The van der Waals surface area contributed by atoms with Crippen LogP contribution in [0.3, 0.4) is 0 Å². The van der Waals surface area contributed by atoms with Gasteiger partial charge >= 0.3 is 0 Å². The summed E-state index contributed by atoms with van der Waals surface area (Å²) in [6, 6.07) is 3.41. The summed E-state index contributed by atoms with van der Waals surface area (Å²) in [5.74, 6) is -0.377. The molecule has 3 heterocycles. The third kappa shape index (κ3) is 4.05. The van der Waals surface area contributed by atoms with Gasteiger partial charge in [0.25, 0.3) is 11.5 Å². The Labute approximate surface area is 153 Å². The van der Waals surface area contributed by atoms with Crippen molar-refractivity contribution in [1.29, 1.82) is 0 Å². The average molecular weight is 374 g/mol. The van der Waals surface area contributed by atoms with E-state index in [-0.39, 0.29) is 23.1 Å². The Balaban J connectivity index is 1.88. The first kappa shape index (κ1) is 17.6. The lowest BCUT2D eigenvalue weighted by Crippen LogP contribution is -2.34. The average Bonchev–Trinajstić information content (AvgIpc) is 3.21. The van der Waals surface area contributed by atoms with Crippen molar-refractivity contribution >= 4 is 28.6 Å². The number of aromatic amines is 1. The number of rotatable bonds is 5. The molecule has 7 heteroatoms. The minimum absolute atomic E-state index is 0.131. The zero-order chi connectivity index (χ0) is 18.0. The molecule has 3 rings (SSSR count). The van der Waals surface area contributed by atoms with Crippen LogP contribution < -0.4 is 10.9 Å². The van der Waals surface area contributed by atoms with E-state index < -0.39 is 0 Å². The summed E-state index contributed by atoms with van der Waals surface area (Å²) in [7, 11) is 0.